The number of halogens is 1. The molecule has 1 aromatic carbocycles. The summed E-state index contributed by atoms with van der Waals surface area (Å²) in [5.41, 5.74) is 3.72. The first-order valence-corrected chi connectivity index (χ1v) is 6.40. The molecule has 0 bridgehead atoms. The van der Waals surface area contributed by atoms with Gasteiger partial charge in [-0.25, -0.2) is 4.98 Å². The van der Waals surface area contributed by atoms with Gasteiger partial charge in [0.05, 0.1) is 12.3 Å². The highest BCUT2D eigenvalue weighted by molar-refractivity contribution is 9.10. The minimum Gasteiger partial charge on any atom is -0.392 e. The minimum absolute atomic E-state index is 0.0484. The molecule has 3 rings (SSSR count). The van der Waals surface area contributed by atoms with Gasteiger partial charge in [-0.2, -0.15) is 0 Å². The molecule has 0 aliphatic heterocycles. The van der Waals surface area contributed by atoms with Gasteiger partial charge in [0.1, 0.15) is 5.65 Å². The Morgan fingerprint density at radius 1 is 1.17 bits per heavy atom. The van der Waals surface area contributed by atoms with E-state index in [9.17, 15) is 0 Å². The van der Waals surface area contributed by atoms with Crippen LogP contribution in [0.4, 0.5) is 0 Å². The Kier molecular flexibility index (Phi) is 2.89. The Morgan fingerprint density at radius 3 is 2.89 bits per heavy atom. The van der Waals surface area contributed by atoms with E-state index in [1.165, 1.54) is 0 Å². The van der Waals surface area contributed by atoms with E-state index in [-0.39, 0.29) is 6.61 Å². The monoisotopic (exact) mass is 302 g/mol. The number of rotatable bonds is 2. The fraction of sp³-hybridized carbons (Fsp3) is 0.0714. The number of aliphatic hydroxyl groups excluding tert-OH is 1. The van der Waals surface area contributed by atoms with Gasteiger partial charge in [0.15, 0.2) is 0 Å². The van der Waals surface area contributed by atoms with Crippen molar-refractivity contribution in [1.29, 1.82) is 0 Å². The molecule has 3 aromatic rings. The van der Waals surface area contributed by atoms with E-state index >= 15 is 0 Å². The number of fused-ring (bicyclic) bond motifs is 1. The summed E-state index contributed by atoms with van der Waals surface area (Å²) in [7, 11) is 0. The van der Waals surface area contributed by atoms with Gasteiger partial charge >= 0.3 is 0 Å². The zero-order valence-corrected chi connectivity index (χ0v) is 11.1. The molecule has 0 saturated heterocycles. The van der Waals surface area contributed by atoms with E-state index in [2.05, 4.69) is 20.9 Å². The Morgan fingerprint density at radius 2 is 2.06 bits per heavy atom. The third-order valence-electron chi connectivity index (χ3n) is 2.82. The number of nitrogens with zero attached hydrogens (tertiary/aromatic N) is 2. The maximum Gasteiger partial charge on any atom is 0.137 e. The normalized spacial score (nSPS) is 11.0. The highest BCUT2D eigenvalue weighted by Crippen LogP contribution is 2.21. The second-order valence-electron chi connectivity index (χ2n) is 4.10. The van der Waals surface area contributed by atoms with Crippen molar-refractivity contribution in [3.8, 4) is 11.3 Å². The van der Waals surface area contributed by atoms with Gasteiger partial charge in [-0.1, -0.05) is 18.2 Å². The molecule has 0 unspecified atom stereocenters. The minimum atomic E-state index is 0.0484. The van der Waals surface area contributed by atoms with Crippen LogP contribution in [-0.2, 0) is 6.61 Å². The van der Waals surface area contributed by atoms with Crippen LogP contribution in [0.5, 0.6) is 0 Å². The van der Waals surface area contributed by atoms with Gasteiger partial charge in [-0.3, -0.25) is 0 Å². The van der Waals surface area contributed by atoms with Crippen molar-refractivity contribution >= 4 is 21.6 Å². The molecule has 4 heteroatoms. The van der Waals surface area contributed by atoms with Crippen molar-refractivity contribution in [2.45, 2.75) is 6.61 Å². The molecule has 0 atom stereocenters. The fourth-order valence-corrected chi connectivity index (χ4v) is 2.29. The first-order valence-electron chi connectivity index (χ1n) is 5.61. The van der Waals surface area contributed by atoms with E-state index in [4.69, 9.17) is 5.11 Å². The number of imidazole rings is 1. The lowest BCUT2D eigenvalue weighted by Gasteiger charge is -1.99. The molecule has 1 N–H and O–H groups in total. The summed E-state index contributed by atoms with van der Waals surface area (Å²) in [6.45, 7) is 0.0484. The number of pyridine rings is 1. The van der Waals surface area contributed by atoms with Gasteiger partial charge in [0, 0.05) is 22.4 Å². The standard InChI is InChI=1S/C14H11BrN2O/c15-12-4-5-14-16-13(8-17(14)7-12)11-3-1-2-10(6-11)9-18/h1-8,18H,9H2. The molecule has 0 saturated carbocycles. The third kappa shape index (κ3) is 2.05. The maximum absolute atomic E-state index is 9.15. The molecule has 90 valence electrons. The molecular weight excluding hydrogens is 292 g/mol. The molecule has 3 nitrogen and oxygen atoms in total. The summed E-state index contributed by atoms with van der Waals surface area (Å²) in [6.07, 6.45) is 3.96. The largest absolute Gasteiger partial charge is 0.392 e. The van der Waals surface area contributed by atoms with Crippen molar-refractivity contribution in [2.24, 2.45) is 0 Å². The Bertz CT molecular complexity index is 706. The fourth-order valence-electron chi connectivity index (χ4n) is 1.93. The first kappa shape index (κ1) is 11.4. The van der Waals surface area contributed by atoms with Crippen LogP contribution in [0.25, 0.3) is 16.9 Å². The molecule has 0 spiro atoms. The van der Waals surface area contributed by atoms with Crippen LogP contribution < -0.4 is 0 Å². The lowest BCUT2D eigenvalue weighted by molar-refractivity contribution is 0.282. The third-order valence-corrected chi connectivity index (χ3v) is 3.29. The average molecular weight is 303 g/mol. The number of benzene rings is 1. The lowest BCUT2D eigenvalue weighted by Crippen LogP contribution is -1.84. The SMILES string of the molecule is OCc1cccc(-c2cn3cc(Br)ccc3n2)c1. The van der Waals surface area contributed by atoms with E-state index < -0.39 is 0 Å². The van der Waals surface area contributed by atoms with E-state index in [0.717, 1.165) is 26.9 Å². The van der Waals surface area contributed by atoms with Crippen LogP contribution in [-0.4, -0.2) is 14.5 Å². The Labute approximate surface area is 113 Å². The van der Waals surface area contributed by atoms with Gasteiger partial charge in [0.25, 0.3) is 0 Å². The quantitative estimate of drug-likeness (QED) is 0.789. The zero-order chi connectivity index (χ0) is 12.5. The van der Waals surface area contributed by atoms with Crippen molar-refractivity contribution in [1.82, 2.24) is 9.38 Å². The first-order chi connectivity index (χ1) is 8.76. The topological polar surface area (TPSA) is 37.5 Å². The van der Waals surface area contributed by atoms with Crippen molar-refractivity contribution < 1.29 is 5.11 Å². The summed E-state index contributed by atoms with van der Waals surface area (Å²) in [4.78, 5) is 4.56. The van der Waals surface area contributed by atoms with Gasteiger partial charge in [0.2, 0.25) is 0 Å². The van der Waals surface area contributed by atoms with E-state index in [1.807, 2.05) is 53.2 Å². The maximum atomic E-state index is 9.15. The number of aliphatic hydroxyl groups is 1. The number of hydrogen-bond donors (Lipinski definition) is 1. The molecule has 0 aliphatic carbocycles. The molecule has 0 aliphatic rings. The van der Waals surface area contributed by atoms with Crippen LogP contribution in [0.2, 0.25) is 0 Å². The molecule has 0 radical (unpaired) electrons. The second-order valence-corrected chi connectivity index (χ2v) is 5.01. The summed E-state index contributed by atoms with van der Waals surface area (Å²) in [6, 6.07) is 11.7. The smallest absolute Gasteiger partial charge is 0.137 e. The summed E-state index contributed by atoms with van der Waals surface area (Å²) < 4.78 is 2.99. The van der Waals surface area contributed by atoms with E-state index in [0.29, 0.717) is 0 Å². The van der Waals surface area contributed by atoms with Crippen molar-refractivity contribution in [3.63, 3.8) is 0 Å². The summed E-state index contributed by atoms with van der Waals surface area (Å²) >= 11 is 3.44. The summed E-state index contributed by atoms with van der Waals surface area (Å²) in [5.74, 6) is 0. The van der Waals surface area contributed by atoms with Crippen LogP contribution in [0.3, 0.4) is 0 Å². The number of hydrogen-bond acceptors (Lipinski definition) is 2. The average Bonchev–Trinajstić information content (AvgIpc) is 2.81. The second kappa shape index (κ2) is 4.55. The number of aromatic nitrogens is 2. The summed E-state index contributed by atoms with van der Waals surface area (Å²) in [5, 5.41) is 9.15. The highest BCUT2D eigenvalue weighted by atomic mass is 79.9. The van der Waals surface area contributed by atoms with Crippen LogP contribution in [0.15, 0.2) is 53.3 Å². The van der Waals surface area contributed by atoms with Crippen LogP contribution in [0, 0.1) is 0 Å². The van der Waals surface area contributed by atoms with Crippen molar-refractivity contribution in [2.75, 3.05) is 0 Å². The molecule has 2 aromatic heterocycles. The molecular formula is C14H11BrN2O. The molecule has 2 heterocycles. The zero-order valence-electron chi connectivity index (χ0n) is 9.55. The highest BCUT2D eigenvalue weighted by Gasteiger charge is 2.05. The van der Waals surface area contributed by atoms with Crippen LogP contribution >= 0.6 is 15.9 Å². The molecule has 18 heavy (non-hydrogen) atoms. The van der Waals surface area contributed by atoms with Gasteiger partial charge in [-0.05, 0) is 39.7 Å². The van der Waals surface area contributed by atoms with Gasteiger partial charge in [-0.15, -0.1) is 0 Å². The molecule has 0 amide bonds. The van der Waals surface area contributed by atoms with Gasteiger partial charge < -0.3 is 9.51 Å². The molecule has 0 fully saturated rings. The van der Waals surface area contributed by atoms with Crippen molar-refractivity contribution in [3.05, 3.63) is 58.8 Å². The predicted molar refractivity (Wildman–Crippen MR) is 74.3 cm³/mol. The Hall–Kier alpha value is -1.65. The predicted octanol–water partition coefficient (Wildman–Crippen LogP) is 3.26. The van der Waals surface area contributed by atoms with Crippen LogP contribution in [0.1, 0.15) is 5.56 Å². The van der Waals surface area contributed by atoms with E-state index in [1.54, 1.807) is 0 Å². The lowest BCUT2D eigenvalue weighted by atomic mass is 10.1. The Balaban J connectivity index is 2.13.